The van der Waals surface area contributed by atoms with Crippen molar-refractivity contribution in [2.45, 2.75) is 19.8 Å². The van der Waals surface area contributed by atoms with Crippen LogP contribution in [0.2, 0.25) is 0 Å². The second kappa shape index (κ2) is 6.09. The minimum atomic E-state index is -0.267. The highest BCUT2D eigenvalue weighted by atomic mass is 19.1. The average Bonchev–Trinajstić information content (AvgIpc) is 2.41. The summed E-state index contributed by atoms with van der Waals surface area (Å²) < 4.78 is 12.7. The Morgan fingerprint density at radius 1 is 1.21 bits per heavy atom. The summed E-state index contributed by atoms with van der Waals surface area (Å²) in [7, 11) is 0. The molecule has 0 bridgehead atoms. The van der Waals surface area contributed by atoms with Crippen LogP contribution in [0.5, 0.6) is 0 Å². The third-order valence-electron chi connectivity index (χ3n) is 2.73. The Balaban J connectivity index is 1.84. The van der Waals surface area contributed by atoms with Crippen LogP contribution in [0.4, 0.5) is 10.2 Å². The summed E-state index contributed by atoms with van der Waals surface area (Å²) in [6.45, 7) is 1.94. The molecule has 0 aliphatic carbocycles. The molecular formula is C15H15FN2O. The number of aromatic nitrogens is 1. The standard InChI is InChI=1S/C15H15FN2O/c1-11-2-8-14(17-10-11)18-15(19)9-5-12-3-6-13(16)7-4-12/h2-4,6-8,10H,5,9H2,1H3,(H,17,18,19). The number of anilines is 1. The van der Waals surface area contributed by atoms with Crippen molar-refractivity contribution in [3.63, 3.8) is 0 Å². The summed E-state index contributed by atoms with van der Waals surface area (Å²) >= 11 is 0. The molecule has 0 spiro atoms. The van der Waals surface area contributed by atoms with Crippen LogP contribution in [0.25, 0.3) is 0 Å². The number of hydrogen-bond acceptors (Lipinski definition) is 2. The van der Waals surface area contributed by atoms with Crippen molar-refractivity contribution >= 4 is 11.7 Å². The third-order valence-corrected chi connectivity index (χ3v) is 2.73. The Morgan fingerprint density at radius 2 is 1.95 bits per heavy atom. The van der Waals surface area contributed by atoms with Gasteiger partial charge in [0.2, 0.25) is 5.91 Å². The predicted molar refractivity (Wildman–Crippen MR) is 72.3 cm³/mol. The molecule has 0 saturated heterocycles. The molecule has 1 heterocycles. The van der Waals surface area contributed by atoms with Gasteiger partial charge in [-0.3, -0.25) is 4.79 Å². The third kappa shape index (κ3) is 4.17. The van der Waals surface area contributed by atoms with Crippen LogP contribution in [0.1, 0.15) is 17.5 Å². The van der Waals surface area contributed by atoms with Gasteiger partial charge in [0, 0.05) is 12.6 Å². The first-order chi connectivity index (χ1) is 9.13. The lowest BCUT2D eigenvalue weighted by Gasteiger charge is -2.04. The Hall–Kier alpha value is -2.23. The summed E-state index contributed by atoms with van der Waals surface area (Å²) in [5.74, 6) is 0.187. The van der Waals surface area contributed by atoms with Gasteiger partial charge < -0.3 is 5.32 Å². The highest BCUT2D eigenvalue weighted by Gasteiger charge is 2.04. The van der Waals surface area contributed by atoms with E-state index in [4.69, 9.17) is 0 Å². The fourth-order valence-electron chi connectivity index (χ4n) is 1.66. The second-order valence-corrected chi connectivity index (χ2v) is 4.40. The molecule has 2 rings (SSSR count). The summed E-state index contributed by atoms with van der Waals surface area (Å²) in [5, 5.41) is 2.73. The number of nitrogens with zero attached hydrogens (tertiary/aromatic N) is 1. The van der Waals surface area contributed by atoms with Gasteiger partial charge in [0.1, 0.15) is 11.6 Å². The average molecular weight is 258 g/mol. The first-order valence-electron chi connectivity index (χ1n) is 6.10. The maximum Gasteiger partial charge on any atom is 0.225 e. The molecule has 1 aromatic heterocycles. The molecule has 3 nitrogen and oxygen atoms in total. The van der Waals surface area contributed by atoms with Crippen LogP contribution in [0, 0.1) is 12.7 Å². The lowest BCUT2D eigenvalue weighted by Crippen LogP contribution is -2.13. The van der Waals surface area contributed by atoms with E-state index in [1.807, 2.05) is 13.0 Å². The molecule has 98 valence electrons. The summed E-state index contributed by atoms with van der Waals surface area (Å²) in [5.41, 5.74) is 1.98. The minimum Gasteiger partial charge on any atom is -0.311 e. The maximum atomic E-state index is 12.7. The number of hydrogen-bond donors (Lipinski definition) is 1. The van der Waals surface area contributed by atoms with Gasteiger partial charge in [-0.05, 0) is 42.7 Å². The van der Waals surface area contributed by atoms with E-state index in [1.54, 1.807) is 24.4 Å². The van der Waals surface area contributed by atoms with E-state index < -0.39 is 0 Å². The number of benzene rings is 1. The van der Waals surface area contributed by atoms with Crippen LogP contribution in [-0.2, 0) is 11.2 Å². The number of amides is 1. The monoisotopic (exact) mass is 258 g/mol. The van der Waals surface area contributed by atoms with Crippen LogP contribution in [0.15, 0.2) is 42.6 Å². The quantitative estimate of drug-likeness (QED) is 0.915. The largest absolute Gasteiger partial charge is 0.311 e. The molecule has 0 aliphatic heterocycles. The van der Waals surface area contributed by atoms with E-state index in [9.17, 15) is 9.18 Å². The van der Waals surface area contributed by atoms with Gasteiger partial charge in [0.25, 0.3) is 0 Å². The minimum absolute atomic E-state index is 0.0966. The van der Waals surface area contributed by atoms with Gasteiger partial charge in [0.05, 0.1) is 0 Å². The van der Waals surface area contributed by atoms with Crippen molar-refractivity contribution < 1.29 is 9.18 Å². The smallest absolute Gasteiger partial charge is 0.225 e. The highest BCUT2D eigenvalue weighted by Crippen LogP contribution is 2.08. The van der Waals surface area contributed by atoms with Crippen LogP contribution in [-0.4, -0.2) is 10.9 Å². The van der Waals surface area contributed by atoms with Gasteiger partial charge in [-0.1, -0.05) is 18.2 Å². The second-order valence-electron chi connectivity index (χ2n) is 4.40. The molecule has 1 amide bonds. The van der Waals surface area contributed by atoms with Crippen LogP contribution in [0.3, 0.4) is 0 Å². The van der Waals surface area contributed by atoms with E-state index in [0.717, 1.165) is 11.1 Å². The molecule has 1 aromatic carbocycles. The van der Waals surface area contributed by atoms with Crippen LogP contribution < -0.4 is 5.32 Å². The molecular weight excluding hydrogens is 243 g/mol. The zero-order chi connectivity index (χ0) is 13.7. The first-order valence-corrected chi connectivity index (χ1v) is 6.10. The molecule has 4 heteroatoms. The Labute approximate surface area is 111 Å². The Kier molecular flexibility index (Phi) is 4.23. The molecule has 2 aromatic rings. The normalized spacial score (nSPS) is 10.2. The van der Waals surface area contributed by atoms with E-state index in [0.29, 0.717) is 18.7 Å². The Bertz CT molecular complexity index is 549. The zero-order valence-electron chi connectivity index (χ0n) is 10.7. The number of pyridine rings is 1. The van der Waals surface area contributed by atoms with E-state index in [1.165, 1.54) is 12.1 Å². The Morgan fingerprint density at radius 3 is 2.58 bits per heavy atom. The molecule has 0 aliphatic rings. The van der Waals surface area contributed by atoms with E-state index in [-0.39, 0.29) is 11.7 Å². The molecule has 0 radical (unpaired) electrons. The van der Waals surface area contributed by atoms with Crippen molar-refractivity contribution in [3.8, 4) is 0 Å². The van der Waals surface area contributed by atoms with Crippen molar-refractivity contribution in [2.24, 2.45) is 0 Å². The van der Waals surface area contributed by atoms with Gasteiger partial charge in [-0.15, -0.1) is 0 Å². The topological polar surface area (TPSA) is 42.0 Å². The molecule has 0 atom stereocenters. The fourth-order valence-corrected chi connectivity index (χ4v) is 1.66. The molecule has 0 saturated carbocycles. The fraction of sp³-hybridized carbons (Fsp3) is 0.200. The van der Waals surface area contributed by atoms with Crippen LogP contribution >= 0.6 is 0 Å². The van der Waals surface area contributed by atoms with Crippen molar-refractivity contribution in [1.29, 1.82) is 0 Å². The van der Waals surface area contributed by atoms with E-state index in [2.05, 4.69) is 10.3 Å². The molecule has 1 N–H and O–H groups in total. The number of rotatable bonds is 4. The number of carbonyl (C=O) groups excluding carboxylic acids is 1. The zero-order valence-corrected chi connectivity index (χ0v) is 10.7. The van der Waals surface area contributed by atoms with Gasteiger partial charge in [-0.25, -0.2) is 9.37 Å². The van der Waals surface area contributed by atoms with Gasteiger partial charge in [-0.2, -0.15) is 0 Å². The number of nitrogens with one attached hydrogen (secondary N) is 1. The number of halogens is 1. The summed E-state index contributed by atoms with van der Waals surface area (Å²) in [6.07, 6.45) is 2.63. The van der Waals surface area contributed by atoms with Gasteiger partial charge >= 0.3 is 0 Å². The molecule has 19 heavy (non-hydrogen) atoms. The SMILES string of the molecule is Cc1ccc(NC(=O)CCc2ccc(F)cc2)nc1. The highest BCUT2D eigenvalue weighted by molar-refractivity contribution is 5.89. The summed E-state index contributed by atoms with van der Waals surface area (Å²) in [6, 6.07) is 9.83. The predicted octanol–water partition coefficient (Wildman–Crippen LogP) is 3.10. The summed E-state index contributed by atoms with van der Waals surface area (Å²) in [4.78, 5) is 15.8. The van der Waals surface area contributed by atoms with Crippen molar-refractivity contribution in [2.75, 3.05) is 5.32 Å². The van der Waals surface area contributed by atoms with Crippen molar-refractivity contribution in [1.82, 2.24) is 4.98 Å². The van der Waals surface area contributed by atoms with Crippen molar-refractivity contribution in [3.05, 3.63) is 59.5 Å². The maximum absolute atomic E-state index is 12.7. The molecule has 0 fully saturated rings. The molecule has 0 unspecified atom stereocenters. The number of aryl methyl sites for hydroxylation is 2. The lowest BCUT2D eigenvalue weighted by atomic mass is 10.1. The lowest BCUT2D eigenvalue weighted by molar-refractivity contribution is -0.116. The van der Waals surface area contributed by atoms with Gasteiger partial charge in [0.15, 0.2) is 0 Å². The number of carbonyl (C=O) groups is 1. The van der Waals surface area contributed by atoms with E-state index >= 15 is 0 Å². The first kappa shape index (κ1) is 13.2.